The van der Waals surface area contributed by atoms with Gasteiger partial charge in [0.1, 0.15) is 5.75 Å². The van der Waals surface area contributed by atoms with Gasteiger partial charge in [-0.25, -0.2) is 67.9 Å². The third kappa shape index (κ3) is 15.1. The SMILES string of the molecule is COc1ccc(-c2c(C)nc3c(N4CC[C@@H](NS(=O)(=O)c5ccc(C)cc5)C4)cc(C)nn23)cc1OC.COc1ccc(-c2c(C)nc3c(N4CC[C@@H](NS(C)(=O)=O)C4)cc(C)nn23)cc1C.COc1ccc(-c2c(C)nc3c(N4CC[C@@H](NS(C)(=O)=O)C4)cc(C)nn23)cc1OC. The van der Waals surface area contributed by atoms with Crippen LogP contribution >= 0.6 is 0 Å². The molecule has 0 bridgehead atoms. The number of imidazole rings is 3. The zero-order chi connectivity index (χ0) is 70.3. The van der Waals surface area contributed by atoms with Crippen LogP contribution in [0.2, 0.25) is 0 Å². The van der Waals surface area contributed by atoms with E-state index in [-0.39, 0.29) is 23.0 Å². The van der Waals surface area contributed by atoms with E-state index in [1.165, 1.54) is 12.5 Å². The van der Waals surface area contributed by atoms with E-state index in [0.717, 1.165) is 145 Å². The van der Waals surface area contributed by atoms with Crippen molar-refractivity contribution in [2.75, 3.05) is 102 Å². The van der Waals surface area contributed by atoms with Gasteiger partial charge in [0, 0.05) is 74.1 Å². The molecule has 3 fully saturated rings. The van der Waals surface area contributed by atoms with E-state index in [9.17, 15) is 25.3 Å². The van der Waals surface area contributed by atoms with Gasteiger partial charge in [0.05, 0.1) is 121 Å². The van der Waals surface area contributed by atoms with E-state index < -0.39 is 30.1 Å². The largest absolute Gasteiger partial charge is 0.496 e. The van der Waals surface area contributed by atoms with Crippen molar-refractivity contribution >= 4 is 64.1 Å². The number of benzene rings is 4. The van der Waals surface area contributed by atoms with Crippen molar-refractivity contribution in [3.8, 4) is 62.5 Å². The first-order valence-corrected chi connectivity index (χ1v) is 37.3. The van der Waals surface area contributed by atoms with Gasteiger partial charge in [0.25, 0.3) is 0 Å². The summed E-state index contributed by atoms with van der Waals surface area (Å²) >= 11 is 0. The summed E-state index contributed by atoms with van der Waals surface area (Å²) in [5, 5.41) is 14.2. The maximum absolute atomic E-state index is 12.9. The minimum Gasteiger partial charge on any atom is -0.496 e. The van der Waals surface area contributed by atoms with Crippen LogP contribution in [0, 0.1) is 55.4 Å². The number of sulfonamides is 3. The van der Waals surface area contributed by atoms with Crippen LogP contribution in [0.15, 0.2) is 102 Å². The molecule has 13 rings (SSSR count). The average molecular weight is 1400 g/mol. The molecule has 9 heterocycles. The van der Waals surface area contributed by atoms with Crippen LogP contribution in [0.25, 0.3) is 50.7 Å². The summed E-state index contributed by atoms with van der Waals surface area (Å²) < 4.78 is 113. The fourth-order valence-corrected chi connectivity index (χ4v) is 16.1. The number of methoxy groups -OCH3 is 5. The van der Waals surface area contributed by atoms with Gasteiger partial charge in [-0.2, -0.15) is 15.3 Å². The number of anilines is 3. The van der Waals surface area contributed by atoms with Crippen molar-refractivity contribution in [3.63, 3.8) is 0 Å². The van der Waals surface area contributed by atoms with E-state index >= 15 is 0 Å². The summed E-state index contributed by atoms with van der Waals surface area (Å²) in [6.07, 6.45) is 4.58. The van der Waals surface area contributed by atoms with Crippen molar-refractivity contribution in [3.05, 3.63) is 142 Å². The van der Waals surface area contributed by atoms with Crippen molar-refractivity contribution in [2.45, 2.75) is 97.7 Å². The predicted octanol–water partition coefficient (Wildman–Crippen LogP) is 8.51. The Kier molecular flexibility index (Phi) is 20.3. The Bertz CT molecular complexity index is 5000. The number of ether oxygens (including phenoxy) is 5. The Hall–Kier alpha value is -9.13. The molecular formula is C69H85N15O11S3. The van der Waals surface area contributed by atoms with Gasteiger partial charge in [-0.3, -0.25) is 0 Å². The maximum Gasteiger partial charge on any atom is 0.240 e. The lowest BCUT2D eigenvalue weighted by atomic mass is 10.1. The summed E-state index contributed by atoms with van der Waals surface area (Å²) in [5.74, 6) is 3.42. The number of aromatic nitrogens is 9. The summed E-state index contributed by atoms with van der Waals surface area (Å²) in [6, 6.07) is 30.1. The first-order valence-electron chi connectivity index (χ1n) is 32.1. The molecule has 0 aliphatic carbocycles. The predicted molar refractivity (Wildman–Crippen MR) is 381 cm³/mol. The lowest BCUT2D eigenvalue weighted by Gasteiger charge is -2.20. The molecule has 3 N–H and O–H groups in total. The number of aryl methyl sites for hydroxylation is 8. The van der Waals surface area contributed by atoms with E-state index in [1.807, 2.05) is 148 Å². The van der Waals surface area contributed by atoms with Crippen LogP contribution in [0.3, 0.4) is 0 Å². The van der Waals surface area contributed by atoms with Crippen molar-refractivity contribution < 1.29 is 48.9 Å². The fourth-order valence-electron chi connectivity index (χ4n) is 13.2. The first-order chi connectivity index (χ1) is 46.5. The molecule has 3 aliphatic rings. The Morgan fingerprint density at radius 3 is 1.05 bits per heavy atom. The highest BCUT2D eigenvalue weighted by Gasteiger charge is 2.33. The topological polar surface area (TPSA) is 285 Å². The minimum absolute atomic E-state index is 0.103. The molecule has 3 aliphatic heterocycles. The summed E-state index contributed by atoms with van der Waals surface area (Å²) in [7, 11) is -1.97. The molecule has 10 aromatic rings. The van der Waals surface area contributed by atoms with Gasteiger partial charge >= 0.3 is 0 Å². The summed E-state index contributed by atoms with van der Waals surface area (Å²) in [5.41, 5.74) is 17.9. The third-order valence-corrected chi connectivity index (χ3v) is 20.6. The van der Waals surface area contributed by atoms with Gasteiger partial charge in [-0.05, 0) is 165 Å². The minimum atomic E-state index is -3.60. The van der Waals surface area contributed by atoms with Crippen LogP contribution in [0.4, 0.5) is 17.1 Å². The monoisotopic (exact) mass is 1400 g/mol. The average Bonchev–Trinajstić information content (AvgIpc) is 1.60. The number of nitrogens with zero attached hydrogens (tertiary/aromatic N) is 12. The maximum atomic E-state index is 12.9. The molecule has 4 aromatic carbocycles. The molecule has 0 amide bonds. The highest BCUT2D eigenvalue weighted by atomic mass is 32.2. The molecule has 98 heavy (non-hydrogen) atoms. The third-order valence-electron chi connectivity index (χ3n) is 17.6. The Morgan fingerprint density at radius 1 is 0.398 bits per heavy atom. The van der Waals surface area contributed by atoms with E-state index in [4.69, 9.17) is 53.9 Å². The lowest BCUT2D eigenvalue weighted by molar-refractivity contribution is 0.355. The van der Waals surface area contributed by atoms with Crippen LogP contribution in [0.1, 0.15) is 64.6 Å². The highest BCUT2D eigenvalue weighted by Crippen LogP contribution is 2.39. The molecule has 6 aromatic heterocycles. The Labute approximate surface area is 572 Å². The molecule has 0 saturated carbocycles. The van der Waals surface area contributed by atoms with Gasteiger partial charge < -0.3 is 38.4 Å². The van der Waals surface area contributed by atoms with Crippen molar-refractivity contribution in [1.82, 2.24) is 58.0 Å². The normalized spacial score (nSPS) is 16.6. The van der Waals surface area contributed by atoms with Crippen molar-refractivity contribution in [1.29, 1.82) is 0 Å². The van der Waals surface area contributed by atoms with Crippen LogP contribution in [-0.4, -0.2) is 175 Å². The smallest absolute Gasteiger partial charge is 0.240 e. The highest BCUT2D eigenvalue weighted by molar-refractivity contribution is 7.89. The fraction of sp³-hybridized carbons (Fsp3) is 0.391. The van der Waals surface area contributed by atoms with Crippen LogP contribution in [0.5, 0.6) is 28.7 Å². The van der Waals surface area contributed by atoms with E-state index in [2.05, 4.69) is 34.9 Å². The van der Waals surface area contributed by atoms with Crippen molar-refractivity contribution in [2.24, 2.45) is 0 Å². The van der Waals surface area contributed by atoms with Crippen LogP contribution in [-0.2, 0) is 30.1 Å². The van der Waals surface area contributed by atoms with Gasteiger partial charge in [-0.15, -0.1) is 0 Å². The lowest BCUT2D eigenvalue weighted by Crippen LogP contribution is -2.37. The zero-order valence-electron chi connectivity index (χ0n) is 57.9. The number of hydrogen-bond donors (Lipinski definition) is 3. The number of fused-ring (bicyclic) bond motifs is 3. The standard InChI is InChI=1S/C27H31N5O4S.C21H27N5O4S.C21H27N5O3S/c1-17-6-9-22(10-7-17)37(33,34)30-21-12-13-31(16-21)23-14-18(2)29-32-26(19(3)28-27(23)32)20-8-11-24(35-4)25(15-20)36-5;1-13-10-17(25-9-8-16(12-25)24-31(5,27)28)21-22-14(2)20(26(21)23-13)15-6-7-18(29-3)19(11-15)30-4;1-13-10-16(6-7-19(13)29-4)20-15(3)22-21-18(11-14(2)23-26(20)21)25-9-8-17(12-25)24-30(5,27)28/h6-11,14-15,21,30H,12-13,16H2,1-5H3;6-7,10-11,16,24H,8-9,12H2,1-5H3;6-7,10-11,17,24H,8-9,12H2,1-5H3/t21-;16-;17-/m111/s1. The van der Waals surface area contributed by atoms with Gasteiger partial charge in [0.15, 0.2) is 39.9 Å². The van der Waals surface area contributed by atoms with E-state index in [1.54, 1.807) is 47.7 Å². The second-order valence-electron chi connectivity index (χ2n) is 25.2. The van der Waals surface area contributed by atoms with E-state index in [0.29, 0.717) is 55.6 Å². The zero-order valence-corrected chi connectivity index (χ0v) is 60.4. The van der Waals surface area contributed by atoms with Gasteiger partial charge in [0.2, 0.25) is 30.1 Å². The first kappa shape index (κ1) is 70.2. The molecule has 0 radical (unpaired) electrons. The number of nitrogens with one attached hydrogen (secondary N) is 3. The molecule has 3 saturated heterocycles. The van der Waals surface area contributed by atoms with Gasteiger partial charge in [-0.1, -0.05) is 17.7 Å². The Morgan fingerprint density at radius 2 is 0.724 bits per heavy atom. The molecule has 0 unspecified atom stereocenters. The summed E-state index contributed by atoms with van der Waals surface area (Å²) in [6.45, 7) is 19.7. The summed E-state index contributed by atoms with van der Waals surface area (Å²) in [4.78, 5) is 21.3. The number of hydrogen-bond acceptors (Lipinski definition) is 20. The second kappa shape index (κ2) is 28.4. The molecule has 29 heteroatoms. The molecule has 0 spiro atoms. The Balaban J connectivity index is 0.000000150. The van der Waals surface area contributed by atoms with Crippen LogP contribution < -0.4 is 52.6 Å². The second-order valence-corrected chi connectivity index (χ2v) is 30.5. The quantitative estimate of drug-likeness (QED) is 0.0725. The molecule has 3 atom stereocenters. The molecule has 520 valence electrons. The molecular weight excluding hydrogens is 1310 g/mol. The molecule has 26 nitrogen and oxygen atoms in total. The number of rotatable bonds is 18.